The molecule has 3 aliphatic carbocycles. The molecule has 0 saturated carbocycles. The van der Waals surface area contributed by atoms with E-state index in [1.807, 2.05) is 0 Å². The van der Waals surface area contributed by atoms with Gasteiger partial charge in [0.2, 0.25) is 0 Å². The maximum atomic E-state index is 2.48. The van der Waals surface area contributed by atoms with Crippen LogP contribution in [0.3, 0.4) is 0 Å². The third-order valence-corrected chi connectivity index (χ3v) is 9.78. The summed E-state index contributed by atoms with van der Waals surface area (Å²) in [5.74, 6) is 0.704. The lowest BCUT2D eigenvalue weighted by atomic mass is 9.77. The molecular formula is C46H32. The van der Waals surface area contributed by atoms with Crippen molar-refractivity contribution in [2.24, 2.45) is 11.8 Å². The molecule has 2 atom stereocenters. The predicted octanol–water partition coefficient (Wildman–Crippen LogP) is 12.2. The molecule has 0 N–H and O–H groups in total. The fraction of sp³-hybridized carbons (Fsp3) is 0.0435. The lowest BCUT2D eigenvalue weighted by Gasteiger charge is -2.26. The summed E-state index contributed by atoms with van der Waals surface area (Å²) in [5, 5.41) is 0. The molecule has 6 aromatic rings. The Kier molecular flexibility index (Phi) is 6.39. The molecule has 9 rings (SSSR count). The van der Waals surface area contributed by atoms with Gasteiger partial charge in [-0.05, 0) is 102 Å². The smallest absolute Gasteiger partial charge is 0.0200 e. The Morgan fingerprint density at radius 2 is 0.761 bits per heavy atom. The summed E-state index contributed by atoms with van der Waals surface area (Å²) in [6.45, 7) is 0. The Bertz CT molecular complexity index is 2160. The Balaban J connectivity index is 1.42. The van der Waals surface area contributed by atoms with Crippen molar-refractivity contribution in [2.45, 2.75) is 0 Å². The van der Waals surface area contributed by atoms with Crippen molar-refractivity contribution in [1.82, 2.24) is 0 Å². The van der Waals surface area contributed by atoms with Crippen molar-refractivity contribution in [1.29, 1.82) is 0 Å². The van der Waals surface area contributed by atoms with Crippen molar-refractivity contribution >= 4 is 11.1 Å². The van der Waals surface area contributed by atoms with Gasteiger partial charge in [0.1, 0.15) is 0 Å². The second-order valence-electron chi connectivity index (χ2n) is 12.4. The maximum absolute atomic E-state index is 2.48. The summed E-state index contributed by atoms with van der Waals surface area (Å²) in [6.07, 6.45) is 14.0. The van der Waals surface area contributed by atoms with Crippen LogP contribution in [0.15, 0.2) is 182 Å². The Morgan fingerprint density at radius 3 is 1.30 bits per heavy atom. The molecule has 0 amide bonds. The molecule has 0 radical (unpaired) electrons. The first-order chi connectivity index (χ1) is 22.8. The van der Waals surface area contributed by atoms with Crippen LogP contribution in [-0.4, -0.2) is 0 Å². The summed E-state index contributed by atoms with van der Waals surface area (Å²) < 4.78 is 0. The van der Waals surface area contributed by atoms with Crippen molar-refractivity contribution < 1.29 is 0 Å². The van der Waals surface area contributed by atoms with Crippen LogP contribution in [0.5, 0.6) is 0 Å². The second-order valence-corrected chi connectivity index (χ2v) is 12.4. The van der Waals surface area contributed by atoms with Crippen LogP contribution < -0.4 is 0 Å². The third-order valence-electron chi connectivity index (χ3n) is 9.78. The normalized spacial score (nSPS) is 17.2. The minimum absolute atomic E-state index is 0.334. The standard InChI is InChI=1S/C46H32/c1-5-15-31(16-6-1)36-27-37(32-17-7-2-8-18-32)29-38(28-36)42-30-41(33-19-9-3-10-20-33)45-39-25-13-23-34-24-14-26-40(43(34)39)46(45)44(42)35-21-11-4-12-22-35/h1-30,34,43H. The number of allylic oxidation sites excluding steroid dienone is 8. The van der Waals surface area contributed by atoms with Gasteiger partial charge < -0.3 is 0 Å². The third kappa shape index (κ3) is 4.37. The minimum Gasteiger partial charge on any atom is -0.0767 e. The molecule has 0 heteroatoms. The van der Waals surface area contributed by atoms with E-state index in [0.717, 1.165) is 0 Å². The topological polar surface area (TPSA) is 0 Å². The predicted molar refractivity (Wildman–Crippen MR) is 195 cm³/mol. The zero-order valence-corrected chi connectivity index (χ0v) is 25.5. The van der Waals surface area contributed by atoms with Crippen LogP contribution in [-0.2, 0) is 0 Å². The van der Waals surface area contributed by atoms with E-state index in [4.69, 9.17) is 0 Å². The van der Waals surface area contributed by atoms with Gasteiger partial charge in [-0.3, -0.25) is 0 Å². The lowest BCUT2D eigenvalue weighted by molar-refractivity contribution is 0.707. The summed E-state index contributed by atoms with van der Waals surface area (Å²) in [6, 6.07) is 53.2. The first-order valence-corrected chi connectivity index (χ1v) is 16.2. The zero-order valence-electron chi connectivity index (χ0n) is 25.5. The average molecular weight is 585 g/mol. The fourth-order valence-corrected chi connectivity index (χ4v) is 7.76. The largest absolute Gasteiger partial charge is 0.0767 e. The number of hydrogen-bond donors (Lipinski definition) is 0. The van der Waals surface area contributed by atoms with Crippen LogP contribution in [0.1, 0.15) is 11.1 Å². The summed E-state index contributed by atoms with van der Waals surface area (Å²) >= 11 is 0. The first-order valence-electron chi connectivity index (χ1n) is 16.2. The molecule has 6 aromatic carbocycles. The molecule has 0 bridgehead atoms. The summed E-state index contributed by atoms with van der Waals surface area (Å²) in [4.78, 5) is 0. The van der Waals surface area contributed by atoms with Crippen LogP contribution in [0.25, 0.3) is 66.8 Å². The highest BCUT2D eigenvalue weighted by Crippen LogP contribution is 2.59. The molecule has 0 spiro atoms. The average Bonchev–Trinajstić information content (AvgIpc) is 3.48. The van der Waals surface area contributed by atoms with Crippen LogP contribution >= 0.6 is 0 Å². The molecular weight excluding hydrogens is 553 g/mol. The van der Waals surface area contributed by atoms with Gasteiger partial charge in [0.15, 0.2) is 0 Å². The number of rotatable bonds is 5. The maximum Gasteiger partial charge on any atom is 0.0200 e. The van der Waals surface area contributed by atoms with E-state index in [9.17, 15) is 0 Å². The molecule has 2 unspecified atom stereocenters. The quantitative estimate of drug-likeness (QED) is 0.189. The number of benzene rings is 6. The van der Waals surface area contributed by atoms with Gasteiger partial charge in [0.05, 0.1) is 0 Å². The highest BCUT2D eigenvalue weighted by atomic mass is 14.4. The molecule has 0 nitrogen and oxygen atoms in total. The molecule has 216 valence electrons. The highest BCUT2D eigenvalue weighted by molar-refractivity contribution is 6.10. The van der Waals surface area contributed by atoms with Gasteiger partial charge in [-0.1, -0.05) is 158 Å². The van der Waals surface area contributed by atoms with Gasteiger partial charge >= 0.3 is 0 Å². The van der Waals surface area contributed by atoms with Crippen molar-refractivity contribution in [3.8, 4) is 55.6 Å². The van der Waals surface area contributed by atoms with Gasteiger partial charge in [-0.15, -0.1) is 0 Å². The Hall–Kier alpha value is -5.72. The van der Waals surface area contributed by atoms with E-state index in [-0.39, 0.29) is 0 Å². The van der Waals surface area contributed by atoms with Crippen LogP contribution in [0.4, 0.5) is 0 Å². The highest BCUT2D eigenvalue weighted by Gasteiger charge is 2.41. The van der Waals surface area contributed by atoms with E-state index >= 15 is 0 Å². The van der Waals surface area contributed by atoms with E-state index in [2.05, 4.69) is 182 Å². The first kappa shape index (κ1) is 26.7. The second kappa shape index (κ2) is 11.0. The van der Waals surface area contributed by atoms with Crippen LogP contribution in [0, 0.1) is 11.8 Å². The van der Waals surface area contributed by atoms with Crippen LogP contribution in [0.2, 0.25) is 0 Å². The molecule has 0 saturated heterocycles. The molecule has 3 aliphatic rings. The minimum atomic E-state index is 0.334. The van der Waals surface area contributed by atoms with Gasteiger partial charge in [0.25, 0.3) is 0 Å². The molecule has 0 heterocycles. The molecule has 46 heavy (non-hydrogen) atoms. The van der Waals surface area contributed by atoms with E-state index in [1.165, 1.54) is 77.9 Å². The van der Waals surface area contributed by atoms with E-state index < -0.39 is 0 Å². The Labute approximate surface area is 271 Å². The molecule has 0 aliphatic heterocycles. The SMILES string of the molecule is C1=CC2C=CC=C3c4c(c(-c5ccccc5)cc(-c5cc(-c6ccccc6)cc(-c6ccccc6)c5)c4-c4ccccc4)C(=C1)C32. The fourth-order valence-electron chi connectivity index (χ4n) is 7.76. The van der Waals surface area contributed by atoms with E-state index in [0.29, 0.717) is 11.8 Å². The number of hydrogen-bond acceptors (Lipinski definition) is 0. The van der Waals surface area contributed by atoms with Gasteiger partial charge in [-0.25, -0.2) is 0 Å². The van der Waals surface area contributed by atoms with Gasteiger partial charge in [-0.2, -0.15) is 0 Å². The molecule has 0 fully saturated rings. The number of fused-ring (bicyclic) bond motifs is 3. The zero-order chi connectivity index (χ0) is 30.5. The lowest BCUT2D eigenvalue weighted by Crippen LogP contribution is -2.14. The summed E-state index contributed by atoms with van der Waals surface area (Å²) in [7, 11) is 0. The summed E-state index contributed by atoms with van der Waals surface area (Å²) in [5.41, 5.74) is 18.1. The molecule has 0 aromatic heterocycles. The van der Waals surface area contributed by atoms with Crippen molar-refractivity contribution in [2.75, 3.05) is 0 Å². The Morgan fingerprint density at radius 1 is 0.326 bits per heavy atom. The monoisotopic (exact) mass is 584 g/mol. The van der Waals surface area contributed by atoms with Gasteiger partial charge in [0, 0.05) is 11.8 Å². The van der Waals surface area contributed by atoms with E-state index in [1.54, 1.807) is 0 Å². The van der Waals surface area contributed by atoms with Crippen molar-refractivity contribution in [3.05, 3.63) is 193 Å². The van der Waals surface area contributed by atoms with Crippen molar-refractivity contribution in [3.63, 3.8) is 0 Å².